The van der Waals surface area contributed by atoms with Crippen molar-refractivity contribution in [3.05, 3.63) is 24.2 Å². The zero-order chi connectivity index (χ0) is 12.6. The Hall–Kier alpha value is -0.850. The zero-order valence-corrected chi connectivity index (χ0v) is 10.8. The predicted molar refractivity (Wildman–Crippen MR) is 65.1 cm³/mol. The monoisotopic (exact) mass is 261 g/mol. The van der Waals surface area contributed by atoms with Crippen LogP contribution in [-0.2, 0) is 21.4 Å². The van der Waals surface area contributed by atoms with Crippen LogP contribution in [0.5, 0.6) is 0 Å². The number of hydrogen-bond acceptors (Lipinski definition) is 4. The maximum absolute atomic E-state index is 11.3. The first-order chi connectivity index (χ1) is 8.14. The molecule has 0 amide bonds. The quantitative estimate of drug-likeness (QED) is 0.684. The van der Waals surface area contributed by atoms with Crippen molar-refractivity contribution in [2.24, 2.45) is 0 Å². The van der Waals surface area contributed by atoms with Gasteiger partial charge in [0, 0.05) is 13.2 Å². The molecule has 0 atom stereocenters. The number of furan rings is 1. The third kappa shape index (κ3) is 6.45. The molecule has 0 aliphatic heterocycles. The summed E-state index contributed by atoms with van der Waals surface area (Å²) >= 11 is 0. The van der Waals surface area contributed by atoms with E-state index in [-0.39, 0.29) is 5.75 Å². The van der Waals surface area contributed by atoms with Gasteiger partial charge in [-0.1, -0.05) is 6.92 Å². The summed E-state index contributed by atoms with van der Waals surface area (Å²) in [6.07, 6.45) is 2.88. The normalized spacial score (nSPS) is 11.8. The lowest BCUT2D eigenvalue weighted by molar-refractivity contribution is 0.105. The molecule has 17 heavy (non-hydrogen) atoms. The molecule has 0 bridgehead atoms. The SMILES string of the molecule is CCCS(=O)(=O)NCCCOCc1ccco1. The van der Waals surface area contributed by atoms with Crippen molar-refractivity contribution in [3.63, 3.8) is 0 Å². The van der Waals surface area contributed by atoms with Gasteiger partial charge in [-0.05, 0) is 25.0 Å². The molecule has 0 radical (unpaired) electrons. The van der Waals surface area contributed by atoms with Gasteiger partial charge in [0.2, 0.25) is 10.0 Å². The van der Waals surface area contributed by atoms with Gasteiger partial charge in [0.25, 0.3) is 0 Å². The van der Waals surface area contributed by atoms with Crippen LogP contribution < -0.4 is 4.72 Å². The van der Waals surface area contributed by atoms with Crippen LogP contribution in [0.2, 0.25) is 0 Å². The van der Waals surface area contributed by atoms with E-state index >= 15 is 0 Å². The number of ether oxygens (including phenoxy) is 1. The molecule has 0 aliphatic rings. The van der Waals surface area contributed by atoms with Crippen LogP contribution in [0.3, 0.4) is 0 Å². The average Bonchev–Trinajstić information content (AvgIpc) is 2.76. The summed E-state index contributed by atoms with van der Waals surface area (Å²) < 4.78 is 35.5. The van der Waals surface area contributed by atoms with Crippen LogP contribution in [0.4, 0.5) is 0 Å². The second-order valence-electron chi connectivity index (χ2n) is 3.70. The molecule has 0 saturated carbocycles. The van der Waals surface area contributed by atoms with Gasteiger partial charge in [-0.25, -0.2) is 13.1 Å². The van der Waals surface area contributed by atoms with Gasteiger partial charge in [0.1, 0.15) is 12.4 Å². The number of nitrogens with one attached hydrogen (secondary N) is 1. The van der Waals surface area contributed by atoms with E-state index in [9.17, 15) is 8.42 Å². The lowest BCUT2D eigenvalue weighted by atomic mass is 10.4. The highest BCUT2D eigenvalue weighted by Gasteiger charge is 2.06. The molecule has 1 aromatic rings. The van der Waals surface area contributed by atoms with Crippen molar-refractivity contribution in [3.8, 4) is 0 Å². The standard InChI is InChI=1S/C11H19NO4S/c1-2-9-17(13,14)12-6-4-7-15-10-11-5-3-8-16-11/h3,5,8,12H,2,4,6-7,9-10H2,1H3. The summed E-state index contributed by atoms with van der Waals surface area (Å²) in [7, 11) is -3.09. The van der Waals surface area contributed by atoms with Gasteiger partial charge >= 0.3 is 0 Å². The average molecular weight is 261 g/mol. The van der Waals surface area contributed by atoms with Gasteiger partial charge in [-0.2, -0.15) is 0 Å². The minimum atomic E-state index is -3.09. The number of rotatable bonds is 9. The first-order valence-electron chi connectivity index (χ1n) is 5.71. The van der Waals surface area contributed by atoms with E-state index in [2.05, 4.69) is 4.72 Å². The van der Waals surface area contributed by atoms with E-state index in [4.69, 9.17) is 9.15 Å². The zero-order valence-electron chi connectivity index (χ0n) is 10.0. The molecule has 1 aromatic heterocycles. The largest absolute Gasteiger partial charge is 0.467 e. The van der Waals surface area contributed by atoms with Crippen LogP contribution in [0.1, 0.15) is 25.5 Å². The third-order valence-electron chi connectivity index (χ3n) is 2.08. The van der Waals surface area contributed by atoms with Gasteiger partial charge in [0.15, 0.2) is 0 Å². The Morgan fingerprint density at radius 1 is 1.47 bits per heavy atom. The van der Waals surface area contributed by atoms with Crippen LogP contribution in [0, 0.1) is 0 Å². The molecule has 6 heteroatoms. The third-order valence-corrected chi connectivity index (χ3v) is 3.67. The fraction of sp³-hybridized carbons (Fsp3) is 0.636. The van der Waals surface area contributed by atoms with Gasteiger partial charge in [0.05, 0.1) is 12.0 Å². The first kappa shape index (κ1) is 14.2. The van der Waals surface area contributed by atoms with Gasteiger partial charge in [-0.3, -0.25) is 0 Å². The molecule has 1 N–H and O–H groups in total. The second kappa shape index (κ2) is 7.47. The molecular formula is C11H19NO4S. The topological polar surface area (TPSA) is 68.5 Å². The van der Waals surface area contributed by atoms with E-state index in [1.54, 1.807) is 12.3 Å². The summed E-state index contributed by atoms with van der Waals surface area (Å²) in [6.45, 7) is 3.19. The minimum Gasteiger partial charge on any atom is -0.467 e. The van der Waals surface area contributed by atoms with E-state index < -0.39 is 10.0 Å². The van der Waals surface area contributed by atoms with Crippen LogP contribution in [-0.4, -0.2) is 27.3 Å². The Labute approximate surface area is 102 Å². The van der Waals surface area contributed by atoms with Crippen molar-refractivity contribution in [2.75, 3.05) is 18.9 Å². The van der Waals surface area contributed by atoms with Crippen molar-refractivity contribution in [2.45, 2.75) is 26.4 Å². The highest BCUT2D eigenvalue weighted by atomic mass is 32.2. The van der Waals surface area contributed by atoms with Crippen molar-refractivity contribution in [1.82, 2.24) is 4.72 Å². The lowest BCUT2D eigenvalue weighted by Gasteiger charge is -2.05. The first-order valence-corrected chi connectivity index (χ1v) is 7.37. The summed E-state index contributed by atoms with van der Waals surface area (Å²) in [5, 5.41) is 0. The molecule has 5 nitrogen and oxygen atoms in total. The Kier molecular flexibility index (Phi) is 6.25. The summed E-state index contributed by atoms with van der Waals surface area (Å²) in [4.78, 5) is 0. The van der Waals surface area contributed by atoms with E-state index in [1.807, 2.05) is 13.0 Å². The highest BCUT2D eigenvalue weighted by molar-refractivity contribution is 7.89. The predicted octanol–water partition coefficient (Wildman–Crippen LogP) is 1.52. The maximum Gasteiger partial charge on any atom is 0.211 e. The summed E-state index contributed by atoms with van der Waals surface area (Å²) in [5.74, 6) is 0.955. The fourth-order valence-corrected chi connectivity index (χ4v) is 2.45. The second-order valence-corrected chi connectivity index (χ2v) is 5.63. The van der Waals surface area contributed by atoms with E-state index in [0.29, 0.717) is 32.6 Å². The molecule has 0 spiro atoms. The van der Waals surface area contributed by atoms with Gasteiger partial charge < -0.3 is 9.15 Å². The Balaban J connectivity index is 2.01. The molecule has 1 rings (SSSR count). The van der Waals surface area contributed by atoms with E-state index in [0.717, 1.165) is 5.76 Å². The van der Waals surface area contributed by atoms with Crippen LogP contribution >= 0.6 is 0 Å². The maximum atomic E-state index is 11.3. The van der Waals surface area contributed by atoms with Crippen molar-refractivity contribution < 1.29 is 17.6 Å². The van der Waals surface area contributed by atoms with E-state index in [1.165, 1.54) is 0 Å². The number of hydrogen-bond donors (Lipinski definition) is 1. The van der Waals surface area contributed by atoms with Crippen molar-refractivity contribution >= 4 is 10.0 Å². The van der Waals surface area contributed by atoms with Crippen LogP contribution in [0.25, 0.3) is 0 Å². The molecule has 0 unspecified atom stereocenters. The highest BCUT2D eigenvalue weighted by Crippen LogP contribution is 2.01. The molecule has 0 aliphatic carbocycles. The molecule has 0 fully saturated rings. The van der Waals surface area contributed by atoms with Gasteiger partial charge in [-0.15, -0.1) is 0 Å². The molecule has 0 aromatic carbocycles. The number of sulfonamides is 1. The minimum absolute atomic E-state index is 0.181. The molecule has 0 saturated heterocycles. The lowest BCUT2D eigenvalue weighted by Crippen LogP contribution is -2.27. The summed E-state index contributed by atoms with van der Waals surface area (Å²) in [5.41, 5.74) is 0. The van der Waals surface area contributed by atoms with Crippen molar-refractivity contribution in [1.29, 1.82) is 0 Å². The molecule has 1 heterocycles. The molecule has 98 valence electrons. The fourth-order valence-electron chi connectivity index (χ4n) is 1.31. The smallest absolute Gasteiger partial charge is 0.211 e. The summed E-state index contributed by atoms with van der Waals surface area (Å²) in [6, 6.07) is 3.64. The Morgan fingerprint density at radius 2 is 2.29 bits per heavy atom. The Morgan fingerprint density at radius 3 is 2.94 bits per heavy atom. The Bertz CT molecular complexity index is 386. The molecular weight excluding hydrogens is 242 g/mol. The van der Waals surface area contributed by atoms with Crippen LogP contribution in [0.15, 0.2) is 22.8 Å².